The van der Waals surface area contributed by atoms with Gasteiger partial charge in [0.15, 0.2) is 0 Å². The number of nitrogens with zero attached hydrogens (tertiary/aromatic N) is 1. The maximum atomic E-state index is 12.8. The van der Waals surface area contributed by atoms with Crippen LogP contribution in [0.3, 0.4) is 0 Å². The van der Waals surface area contributed by atoms with Gasteiger partial charge in [-0.15, -0.1) is 0 Å². The maximum Gasteiger partial charge on any atom is 0.340 e. The topological polar surface area (TPSA) is 65.1 Å². The van der Waals surface area contributed by atoms with Crippen molar-refractivity contribution in [3.63, 3.8) is 0 Å². The Morgan fingerprint density at radius 2 is 1.79 bits per heavy atom. The molecule has 0 amide bonds. The Morgan fingerprint density at radius 3 is 2.34 bits per heavy atom. The minimum absolute atomic E-state index is 0. The summed E-state index contributed by atoms with van der Waals surface area (Å²) in [6.07, 6.45) is 0. The number of hydrogen-bond donors (Lipinski definition) is 2. The predicted octanol–water partition coefficient (Wildman–Crippen LogP) is -0.522. The van der Waals surface area contributed by atoms with E-state index in [-0.39, 0.29) is 24.1 Å². The zero-order valence-corrected chi connectivity index (χ0v) is 18.1. The van der Waals surface area contributed by atoms with Crippen LogP contribution in [0.5, 0.6) is 11.5 Å². The van der Waals surface area contributed by atoms with E-state index in [1.165, 1.54) is 0 Å². The quantitative estimate of drug-likeness (QED) is 0.529. The van der Waals surface area contributed by atoms with Gasteiger partial charge in [-0.05, 0) is 50.2 Å². The number of carbonyl (C=O) groups excluding carboxylic acids is 1. The van der Waals surface area contributed by atoms with Crippen LogP contribution in [0.2, 0.25) is 0 Å². The minimum atomic E-state index is -0.377. The van der Waals surface area contributed by atoms with Crippen LogP contribution >= 0.6 is 0 Å². The van der Waals surface area contributed by atoms with E-state index in [0.717, 1.165) is 38.5 Å². The van der Waals surface area contributed by atoms with Crippen molar-refractivity contribution in [2.24, 2.45) is 0 Å². The zero-order valence-electron chi connectivity index (χ0n) is 17.4. The molecule has 1 aromatic heterocycles. The first-order valence-electron chi connectivity index (χ1n) is 9.35. The van der Waals surface area contributed by atoms with Gasteiger partial charge < -0.3 is 36.5 Å². The molecule has 0 aliphatic rings. The molecule has 0 bridgehead atoms. The number of aromatic hydroxyl groups is 1. The van der Waals surface area contributed by atoms with E-state index in [2.05, 4.69) is 0 Å². The second-order valence-electron chi connectivity index (χ2n) is 7.06. The van der Waals surface area contributed by atoms with Crippen molar-refractivity contribution in [1.29, 1.82) is 0 Å². The third kappa shape index (κ3) is 4.18. The van der Waals surface area contributed by atoms with Gasteiger partial charge in [0.1, 0.15) is 18.0 Å². The normalized spacial score (nSPS) is 10.8. The summed E-state index contributed by atoms with van der Waals surface area (Å²) in [5.74, 6) is 0.571. The molecule has 0 unspecified atom stereocenters. The number of methoxy groups -OCH3 is 1. The highest BCUT2D eigenvalue weighted by Crippen LogP contribution is 2.36. The summed E-state index contributed by atoms with van der Waals surface area (Å²) in [4.78, 5) is 14.0. The summed E-state index contributed by atoms with van der Waals surface area (Å²) in [7, 11) is 5.65. The van der Waals surface area contributed by atoms with Gasteiger partial charge in [-0.2, -0.15) is 0 Å². The molecule has 0 aliphatic heterocycles. The van der Waals surface area contributed by atoms with E-state index in [9.17, 15) is 9.90 Å². The van der Waals surface area contributed by atoms with Crippen molar-refractivity contribution in [3.8, 4) is 17.2 Å². The van der Waals surface area contributed by atoms with Gasteiger partial charge in [-0.3, -0.25) is 0 Å². The average Bonchev–Trinajstić information content (AvgIpc) is 2.96. The van der Waals surface area contributed by atoms with Gasteiger partial charge in [0.2, 0.25) is 0 Å². The molecule has 2 aromatic carbocycles. The summed E-state index contributed by atoms with van der Waals surface area (Å²) in [6.45, 7) is 4.57. The van der Waals surface area contributed by atoms with Crippen molar-refractivity contribution in [2.45, 2.75) is 20.4 Å². The molecule has 0 spiro atoms. The molecule has 0 saturated carbocycles. The van der Waals surface area contributed by atoms with E-state index in [0.29, 0.717) is 18.7 Å². The molecule has 3 aromatic rings. The fraction of sp³-hybridized carbons (Fsp3) is 0.318. The SMILES string of the molecule is CCOC(=O)c1c(C)n(-c2ccc(OC)cc2)c2ccc(O)c(C[NH+](C)C)c12.[Cl-]. The standard InChI is InChI=1S/C22H26N2O4.ClH/c1-6-28-22(26)20-14(2)24(15-7-9-16(27-5)10-8-15)18-11-12-19(25)17(21(18)20)13-23(3)4;/h7-12,25H,6,13H2,1-5H3;1H. The van der Waals surface area contributed by atoms with E-state index < -0.39 is 0 Å². The summed E-state index contributed by atoms with van der Waals surface area (Å²) in [5, 5.41) is 11.3. The second kappa shape index (κ2) is 9.20. The average molecular weight is 419 g/mol. The Bertz CT molecular complexity index is 1010. The number of phenolic OH excluding ortho intramolecular Hbond substituents is 1. The number of quaternary nitrogens is 1. The van der Waals surface area contributed by atoms with E-state index >= 15 is 0 Å². The van der Waals surface area contributed by atoms with E-state index in [4.69, 9.17) is 9.47 Å². The molecule has 29 heavy (non-hydrogen) atoms. The highest BCUT2D eigenvalue weighted by molar-refractivity contribution is 6.08. The third-order valence-electron chi connectivity index (χ3n) is 4.79. The number of halogens is 1. The Hall–Kier alpha value is -2.70. The Labute approximate surface area is 177 Å². The molecular weight excluding hydrogens is 392 g/mol. The highest BCUT2D eigenvalue weighted by atomic mass is 35.5. The predicted molar refractivity (Wildman–Crippen MR) is 109 cm³/mol. The lowest BCUT2D eigenvalue weighted by molar-refractivity contribution is -0.872. The van der Waals surface area contributed by atoms with Crippen molar-refractivity contribution >= 4 is 16.9 Å². The molecule has 0 radical (unpaired) electrons. The first kappa shape index (κ1) is 22.6. The lowest BCUT2D eigenvalue weighted by atomic mass is 10.0. The van der Waals surface area contributed by atoms with Crippen LogP contribution in [0, 0.1) is 6.92 Å². The van der Waals surface area contributed by atoms with Gasteiger partial charge in [0.05, 0.1) is 44.5 Å². The molecule has 1 heterocycles. The summed E-state index contributed by atoms with van der Waals surface area (Å²) >= 11 is 0. The fourth-order valence-electron chi connectivity index (χ4n) is 3.61. The van der Waals surface area contributed by atoms with E-state index in [1.807, 2.05) is 55.9 Å². The maximum absolute atomic E-state index is 12.8. The molecule has 6 nitrogen and oxygen atoms in total. The van der Waals surface area contributed by atoms with Crippen LogP contribution in [0.4, 0.5) is 0 Å². The molecule has 0 saturated heterocycles. The Balaban J connectivity index is 0.00000300. The minimum Gasteiger partial charge on any atom is -1.00 e. The number of esters is 1. The van der Waals surface area contributed by atoms with Crippen molar-refractivity contribution in [2.75, 3.05) is 27.8 Å². The molecule has 7 heteroatoms. The number of nitrogens with one attached hydrogen (secondary N) is 1. The number of phenols is 1. The Kier molecular flexibility index (Phi) is 7.16. The molecular formula is C22H27ClN2O4. The molecule has 3 rings (SSSR count). The lowest BCUT2D eigenvalue weighted by Crippen LogP contribution is -3.04. The van der Waals surface area contributed by atoms with Crippen LogP contribution in [-0.2, 0) is 11.3 Å². The molecule has 0 atom stereocenters. The molecule has 156 valence electrons. The number of ether oxygens (including phenoxy) is 2. The van der Waals surface area contributed by atoms with E-state index in [1.54, 1.807) is 20.1 Å². The number of aromatic nitrogens is 1. The molecule has 0 aliphatic carbocycles. The van der Waals surface area contributed by atoms with Crippen LogP contribution in [0.25, 0.3) is 16.6 Å². The van der Waals surface area contributed by atoms with Crippen molar-refractivity contribution in [1.82, 2.24) is 4.57 Å². The number of hydrogen-bond acceptors (Lipinski definition) is 4. The largest absolute Gasteiger partial charge is 1.00 e. The van der Waals surface area contributed by atoms with Crippen molar-refractivity contribution < 1.29 is 36.7 Å². The first-order valence-corrected chi connectivity index (χ1v) is 9.35. The Morgan fingerprint density at radius 1 is 1.14 bits per heavy atom. The summed E-state index contributed by atoms with van der Waals surface area (Å²) in [6, 6.07) is 11.2. The van der Waals surface area contributed by atoms with Gasteiger partial charge >= 0.3 is 5.97 Å². The molecule has 2 N–H and O–H groups in total. The van der Waals surface area contributed by atoms with Crippen LogP contribution in [-0.4, -0.2) is 43.5 Å². The van der Waals surface area contributed by atoms with Gasteiger partial charge in [0.25, 0.3) is 0 Å². The van der Waals surface area contributed by atoms with Gasteiger partial charge in [-0.1, -0.05) is 0 Å². The smallest absolute Gasteiger partial charge is 0.340 e. The fourth-order valence-corrected chi connectivity index (χ4v) is 3.61. The van der Waals surface area contributed by atoms with Gasteiger partial charge in [-0.25, -0.2) is 4.79 Å². The highest BCUT2D eigenvalue weighted by Gasteiger charge is 2.26. The number of benzene rings is 2. The summed E-state index contributed by atoms with van der Waals surface area (Å²) in [5.41, 5.74) is 3.79. The van der Waals surface area contributed by atoms with Crippen LogP contribution < -0.4 is 22.0 Å². The number of rotatable bonds is 6. The van der Waals surface area contributed by atoms with Crippen molar-refractivity contribution in [3.05, 3.63) is 53.2 Å². The number of fused-ring (bicyclic) bond motifs is 1. The van der Waals surface area contributed by atoms with Gasteiger partial charge in [0, 0.05) is 16.8 Å². The first-order chi connectivity index (χ1) is 13.4. The van der Waals surface area contributed by atoms with Crippen LogP contribution in [0.1, 0.15) is 28.5 Å². The van der Waals surface area contributed by atoms with Crippen LogP contribution in [0.15, 0.2) is 36.4 Å². The second-order valence-corrected chi connectivity index (χ2v) is 7.06. The third-order valence-corrected chi connectivity index (χ3v) is 4.79. The monoisotopic (exact) mass is 418 g/mol. The lowest BCUT2D eigenvalue weighted by Gasteiger charge is -2.12. The zero-order chi connectivity index (χ0) is 20.4. The molecule has 0 fully saturated rings. The number of carbonyl (C=O) groups is 1. The summed E-state index contributed by atoms with van der Waals surface area (Å²) < 4.78 is 12.6.